The quantitative estimate of drug-likeness (QED) is 0.156. The molecule has 2 aromatic carbocycles. The second-order valence-corrected chi connectivity index (χ2v) is 14.9. The molecule has 2 amide bonds. The summed E-state index contributed by atoms with van der Waals surface area (Å²) in [6.07, 6.45) is 3.24. The number of aromatic nitrogens is 2. The van der Waals surface area contributed by atoms with Gasteiger partial charge in [-0.05, 0) is 61.4 Å². The van der Waals surface area contributed by atoms with Gasteiger partial charge in [0.15, 0.2) is 5.96 Å². The Morgan fingerprint density at radius 3 is 2.35 bits per heavy atom. The predicted octanol–water partition coefficient (Wildman–Crippen LogP) is 7.29. The summed E-state index contributed by atoms with van der Waals surface area (Å²) in [5, 5.41) is 22.5. The van der Waals surface area contributed by atoms with Crippen molar-refractivity contribution >= 4 is 47.8 Å². The molecule has 1 aromatic heterocycles. The van der Waals surface area contributed by atoms with Crippen LogP contribution in [0, 0.1) is 10.8 Å². The summed E-state index contributed by atoms with van der Waals surface area (Å²) in [6, 6.07) is 5.96. The van der Waals surface area contributed by atoms with Gasteiger partial charge in [-0.3, -0.25) is 15.1 Å². The number of nitrogens with zero attached hydrogens (tertiary/aromatic N) is 6. The fraction of sp³-hybridized carbons (Fsp3) is 0.412. The van der Waals surface area contributed by atoms with Crippen LogP contribution in [-0.2, 0) is 15.1 Å². The summed E-state index contributed by atoms with van der Waals surface area (Å²) in [6.45, 7) is 7.74. The Hall–Kier alpha value is -4.99. The van der Waals surface area contributed by atoms with Crippen LogP contribution in [-0.4, -0.2) is 63.4 Å². The van der Waals surface area contributed by atoms with Crippen LogP contribution in [0.3, 0.4) is 0 Å². The number of hydrogen-bond acceptors (Lipinski definition) is 8. The van der Waals surface area contributed by atoms with Gasteiger partial charge in [0.25, 0.3) is 5.91 Å². The molecule has 0 radical (unpaired) electrons. The number of rotatable bonds is 9. The molecule has 12 nitrogen and oxygen atoms in total. The lowest BCUT2D eigenvalue weighted by Gasteiger charge is -2.35. The highest BCUT2D eigenvalue weighted by molar-refractivity contribution is 6.33. The van der Waals surface area contributed by atoms with E-state index in [4.69, 9.17) is 21.7 Å². The van der Waals surface area contributed by atoms with Crippen LogP contribution >= 0.6 is 11.6 Å². The van der Waals surface area contributed by atoms with Crippen molar-refractivity contribution in [1.82, 2.24) is 25.3 Å². The molecule has 17 heteroatoms. The first-order valence-electron chi connectivity index (χ1n) is 15.8. The Morgan fingerprint density at radius 1 is 1.08 bits per heavy atom. The first kappa shape index (κ1) is 37.3. The number of carbonyl (C=O) groups is 2. The number of nitrogens with one attached hydrogen (secondary N) is 3. The van der Waals surface area contributed by atoms with Gasteiger partial charge in [0, 0.05) is 17.3 Å². The summed E-state index contributed by atoms with van der Waals surface area (Å²) >= 11 is 6.38. The van der Waals surface area contributed by atoms with Crippen molar-refractivity contribution in [3.05, 3.63) is 71.0 Å². The van der Waals surface area contributed by atoms with E-state index < -0.39 is 53.7 Å². The minimum absolute atomic E-state index is 0.0850. The number of benzene rings is 2. The molecule has 5 rings (SSSR count). The fourth-order valence-electron chi connectivity index (χ4n) is 5.95. The largest absolute Gasteiger partial charge is 0.447 e. The lowest BCUT2D eigenvalue weighted by atomic mass is 9.75. The molecule has 2 aliphatic heterocycles. The second kappa shape index (κ2) is 13.6. The minimum atomic E-state index is -3.64. The van der Waals surface area contributed by atoms with E-state index in [1.54, 1.807) is 45.0 Å². The van der Waals surface area contributed by atoms with Gasteiger partial charge in [0.2, 0.25) is 0 Å². The number of alkyl carbamates (subject to hydrolysis) is 1. The maximum Gasteiger partial charge on any atom is 0.407 e. The maximum absolute atomic E-state index is 14.9. The number of halogens is 5. The standard InChI is InChI=1S/C34H38ClF4N9O3/c1-31(2,3)17-33(23-10-7-20(8-11-23)22-14-42-46(15-22)28(36)37)27(49)47(29(40)44-33)26(16-51-30(50)45-32(4,5)6)21-9-12-24(35)25(13-21)48-34(38,39)18-41-19-43-48/h7-15,18-19,26,28H,16-17H2,1-6H3,(H2,40,44)(H,45,50)/t26-,33-/m1/s1. The zero-order chi connectivity index (χ0) is 37.5. The van der Waals surface area contributed by atoms with Crippen LogP contribution in [0.2, 0.25) is 5.02 Å². The van der Waals surface area contributed by atoms with E-state index in [0.717, 1.165) is 11.2 Å². The zero-order valence-electron chi connectivity index (χ0n) is 28.7. The molecule has 51 heavy (non-hydrogen) atoms. The highest BCUT2D eigenvalue weighted by atomic mass is 35.5. The van der Waals surface area contributed by atoms with Gasteiger partial charge in [-0.25, -0.2) is 14.5 Å². The number of carbonyl (C=O) groups excluding carboxylic acids is 2. The molecule has 0 unspecified atom stereocenters. The molecule has 1 fully saturated rings. The third kappa shape index (κ3) is 8.00. The lowest BCUT2D eigenvalue weighted by molar-refractivity contribution is -0.134. The number of anilines is 1. The Kier molecular flexibility index (Phi) is 9.95. The normalized spacial score (nSPS) is 19.5. The molecule has 2 atom stereocenters. The van der Waals surface area contributed by atoms with Crippen LogP contribution in [0.4, 0.5) is 28.0 Å². The van der Waals surface area contributed by atoms with Gasteiger partial charge in [-0.1, -0.05) is 62.7 Å². The summed E-state index contributed by atoms with van der Waals surface area (Å²) in [5.74, 6) is -0.906. The van der Waals surface area contributed by atoms with E-state index in [1.807, 2.05) is 20.8 Å². The van der Waals surface area contributed by atoms with Gasteiger partial charge in [0.05, 0.1) is 29.2 Å². The summed E-state index contributed by atoms with van der Waals surface area (Å²) in [7, 11) is 0. The number of ether oxygens (including phenoxy) is 1. The third-order valence-electron chi connectivity index (χ3n) is 7.95. The highest BCUT2D eigenvalue weighted by Crippen LogP contribution is 2.44. The number of amides is 2. The second-order valence-electron chi connectivity index (χ2n) is 14.5. The first-order chi connectivity index (χ1) is 23.7. The Balaban J connectivity index is 1.57. The van der Waals surface area contributed by atoms with Crippen molar-refractivity contribution in [2.24, 2.45) is 15.5 Å². The number of guanidine groups is 1. The van der Waals surface area contributed by atoms with Gasteiger partial charge in [-0.15, -0.1) is 0 Å². The molecule has 2 aliphatic rings. The SMILES string of the molecule is CC(C)(C)C[C@]1(c2ccc(-c3cnn(C(F)F)c3)cc2)NC(=N)N([C@H](COC(=O)NC(C)(C)C)c2ccc(Cl)c(N3N=CN=CC3(F)F)c2)C1=O. The molecule has 0 bridgehead atoms. The first-order valence-corrected chi connectivity index (χ1v) is 16.2. The molecular weight excluding hydrogens is 694 g/mol. The lowest BCUT2D eigenvalue weighted by Crippen LogP contribution is -2.47. The van der Waals surface area contributed by atoms with Gasteiger partial charge < -0.3 is 15.4 Å². The van der Waals surface area contributed by atoms with Crippen molar-refractivity contribution < 1.29 is 31.9 Å². The molecule has 272 valence electrons. The van der Waals surface area contributed by atoms with Crippen molar-refractivity contribution in [3.8, 4) is 11.1 Å². The smallest absolute Gasteiger partial charge is 0.407 e. The van der Waals surface area contributed by atoms with Crippen molar-refractivity contribution in [1.29, 1.82) is 5.41 Å². The molecule has 1 saturated heterocycles. The predicted molar refractivity (Wildman–Crippen MR) is 185 cm³/mol. The zero-order valence-corrected chi connectivity index (χ0v) is 29.5. The molecule has 3 N–H and O–H groups in total. The van der Waals surface area contributed by atoms with Crippen LogP contribution in [0.5, 0.6) is 0 Å². The maximum atomic E-state index is 14.9. The molecule has 0 spiro atoms. The van der Waals surface area contributed by atoms with E-state index in [-0.39, 0.29) is 28.7 Å². The average molecular weight is 732 g/mol. The summed E-state index contributed by atoms with van der Waals surface area (Å²) < 4.78 is 62.3. The third-order valence-corrected chi connectivity index (χ3v) is 8.27. The number of hydrazone groups is 1. The Bertz CT molecular complexity index is 1870. The minimum Gasteiger partial charge on any atom is -0.447 e. The highest BCUT2D eigenvalue weighted by Gasteiger charge is 2.54. The molecule has 0 aliphatic carbocycles. The fourth-order valence-corrected chi connectivity index (χ4v) is 6.15. The van der Waals surface area contributed by atoms with Gasteiger partial charge >= 0.3 is 18.7 Å². The van der Waals surface area contributed by atoms with E-state index in [2.05, 4.69) is 25.8 Å². The molecule has 3 aromatic rings. The average Bonchev–Trinajstić information content (AvgIpc) is 3.61. The monoisotopic (exact) mass is 731 g/mol. The van der Waals surface area contributed by atoms with Crippen molar-refractivity contribution in [3.63, 3.8) is 0 Å². The summed E-state index contributed by atoms with van der Waals surface area (Å²) in [5.41, 5.74) is -1.18. The Morgan fingerprint density at radius 2 is 1.76 bits per heavy atom. The topological polar surface area (TPSA) is 140 Å². The molecular formula is C34H38ClF4N9O3. The number of aliphatic imine (C=N–C) groups is 1. The number of hydrogen-bond donors (Lipinski definition) is 3. The summed E-state index contributed by atoms with van der Waals surface area (Å²) in [4.78, 5) is 32.2. The van der Waals surface area contributed by atoms with E-state index in [1.165, 1.54) is 30.6 Å². The molecule has 3 heterocycles. The van der Waals surface area contributed by atoms with Gasteiger partial charge in [-0.2, -0.15) is 32.8 Å². The van der Waals surface area contributed by atoms with Crippen molar-refractivity contribution in [2.75, 3.05) is 11.6 Å². The van der Waals surface area contributed by atoms with Crippen LogP contribution in [0.15, 0.2) is 65.0 Å². The van der Waals surface area contributed by atoms with Crippen molar-refractivity contribution in [2.45, 2.75) is 77.7 Å². The van der Waals surface area contributed by atoms with Crippen LogP contribution in [0.1, 0.15) is 71.7 Å². The van der Waals surface area contributed by atoms with Crippen LogP contribution < -0.4 is 15.6 Å². The van der Waals surface area contributed by atoms with Crippen LogP contribution in [0.25, 0.3) is 11.1 Å². The Labute approximate surface area is 297 Å². The number of alkyl halides is 4. The van der Waals surface area contributed by atoms with E-state index in [0.29, 0.717) is 32.6 Å². The van der Waals surface area contributed by atoms with E-state index in [9.17, 15) is 27.2 Å². The van der Waals surface area contributed by atoms with Gasteiger partial charge in [0.1, 0.15) is 18.5 Å². The van der Waals surface area contributed by atoms with E-state index >= 15 is 0 Å². The molecule has 0 saturated carbocycles.